The van der Waals surface area contributed by atoms with Gasteiger partial charge >= 0.3 is 5.08 Å². The summed E-state index contributed by atoms with van der Waals surface area (Å²) in [6.07, 6.45) is 10.9. The SMILES string of the molecule is N#[N+]N=C1C=Cc2ccccc2C1=C1C=CC=CC1=NN=[N-]. The van der Waals surface area contributed by atoms with Crippen LogP contribution in [0.5, 0.6) is 0 Å². The fourth-order valence-corrected chi connectivity index (χ4v) is 2.50. The van der Waals surface area contributed by atoms with Crippen molar-refractivity contribution >= 4 is 23.1 Å². The highest BCUT2D eigenvalue weighted by molar-refractivity contribution is 6.38. The average molecular weight is 286 g/mol. The highest BCUT2D eigenvalue weighted by Gasteiger charge is 2.22. The number of nitrogens with zero attached hydrogens (tertiary/aromatic N) is 6. The topological polar surface area (TPSA) is 87.5 Å². The van der Waals surface area contributed by atoms with Crippen LogP contribution in [-0.4, -0.2) is 11.4 Å². The van der Waals surface area contributed by atoms with Crippen molar-refractivity contribution < 1.29 is 0 Å². The third-order valence-electron chi connectivity index (χ3n) is 3.39. The molecular formula is C16H10N6. The lowest BCUT2D eigenvalue weighted by molar-refractivity contribution is 1.22. The van der Waals surface area contributed by atoms with E-state index in [2.05, 4.69) is 20.5 Å². The Morgan fingerprint density at radius 2 is 1.77 bits per heavy atom. The van der Waals surface area contributed by atoms with Crippen molar-refractivity contribution in [2.45, 2.75) is 0 Å². The minimum absolute atomic E-state index is 0.496. The van der Waals surface area contributed by atoms with Crippen LogP contribution in [0.15, 0.2) is 75.6 Å². The quantitative estimate of drug-likeness (QED) is 0.432. The highest BCUT2D eigenvalue weighted by Crippen LogP contribution is 2.32. The van der Waals surface area contributed by atoms with E-state index in [1.807, 2.05) is 42.5 Å². The summed E-state index contributed by atoms with van der Waals surface area (Å²) >= 11 is 0. The fraction of sp³-hybridized carbons (Fsp3) is 0. The van der Waals surface area contributed by atoms with Crippen molar-refractivity contribution in [2.24, 2.45) is 15.4 Å². The lowest BCUT2D eigenvalue weighted by atomic mass is 9.85. The second-order valence-electron chi connectivity index (χ2n) is 4.58. The highest BCUT2D eigenvalue weighted by atomic mass is 15.3. The first kappa shape index (κ1) is 13.5. The Hall–Kier alpha value is -3.46. The molecule has 0 fully saturated rings. The van der Waals surface area contributed by atoms with Gasteiger partial charge in [-0.25, -0.2) is 0 Å². The molecule has 0 saturated heterocycles. The summed E-state index contributed by atoms with van der Waals surface area (Å²) in [5, 5.41) is 22.1. The van der Waals surface area contributed by atoms with Crippen LogP contribution in [0.4, 0.5) is 0 Å². The van der Waals surface area contributed by atoms with Gasteiger partial charge in [-0.15, -0.1) is 0 Å². The number of rotatable bonds is 1. The molecule has 2 aliphatic rings. The second-order valence-corrected chi connectivity index (χ2v) is 4.58. The molecule has 6 nitrogen and oxygen atoms in total. The number of hydrogen-bond acceptors (Lipinski definition) is 3. The van der Waals surface area contributed by atoms with Gasteiger partial charge in [0.2, 0.25) is 0 Å². The largest absolute Gasteiger partial charge is 0.362 e. The molecule has 0 amide bonds. The number of diazo groups is 1. The van der Waals surface area contributed by atoms with Crippen LogP contribution >= 0.6 is 0 Å². The first-order chi connectivity index (χ1) is 10.8. The summed E-state index contributed by atoms with van der Waals surface area (Å²) in [7, 11) is 0. The third kappa shape index (κ3) is 2.31. The Kier molecular flexibility index (Phi) is 3.62. The maximum atomic E-state index is 8.81. The molecule has 1 aromatic carbocycles. The summed E-state index contributed by atoms with van der Waals surface area (Å²) < 4.78 is 0. The zero-order chi connectivity index (χ0) is 15.4. The summed E-state index contributed by atoms with van der Waals surface area (Å²) in [4.78, 5) is 0. The standard InChI is InChI=1S/C16H10N6/c17-21-19-14-8-4-3-7-13(14)16-12-6-2-1-5-11(12)9-10-15(16)20-22-18/h1-10H. The Bertz CT molecular complexity index is 859. The average Bonchev–Trinajstić information content (AvgIpc) is 2.56. The summed E-state index contributed by atoms with van der Waals surface area (Å²) in [5.41, 5.74) is 13.2. The van der Waals surface area contributed by atoms with E-state index in [1.165, 1.54) is 0 Å². The minimum atomic E-state index is 0.496. The van der Waals surface area contributed by atoms with Gasteiger partial charge in [-0.3, -0.25) is 5.22 Å². The van der Waals surface area contributed by atoms with Gasteiger partial charge in [-0.1, -0.05) is 54.6 Å². The molecule has 22 heavy (non-hydrogen) atoms. The predicted molar refractivity (Wildman–Crippen MR) is 86.4 cm³/mol. The number of hydrogen-bond donors (Lipinski definition) is 0. The zero-order valence-corrected chi connectivity index (χ0v) is 11.5. The molecule has 1 aromatic rings. The van der Waals surface area contributed by atoms with Gasteiger partial charge in [0.1, 0.15) is 0 Å². The van der Waals surface area contributed by atoms with Crippen molar-refractivity contribution in [3.05, 3.63) is 82.0 Å². The van der Waals surface area contributed by atoms with Gasteiger partial charge in [0.05, 0.1) is 0 Å². The molecule has 0 spiro atoms. The van der Waals surface area contributed by atoms with Crippen LogP contribution in [0.25, 0.3) is 22.3 Å². The van der Waals surface area contributed by atoms with E-state index in [1.54, 1.807) is 18.2 Å². The van der Waals surface area contributed by atoms with Crippen molar-refractivity contribution in [3.8, 4) is 0 Å². The van der Waals surface area contributed by atoms with E-state index < -0.39 is 0 Å². The Labute approximate surface area is 126 Å². The van der Waals surface area contributed by atoms with Crippen molar-refractivity contribution in [1.29, 1.82) is 5.39 Å². The van der Waals surface area contributed by atoms with E-state index in [0.717, 1.165) is 22.3 Å². The smallest absolute Gasteiger partial charge is 0.339 e. The molecule has 2 aliphatic carbocycles. The van der Waals surface area contributed by atoms with E-state index in [0.29, 0.717) is 11.4 Å². The van der Waals surface area contributed by atoms with E-state index in [9.17, 15) is 0 Å². The van der Waals surface area contributed by atoms with Gasteiger partial charge in [0, 0.05) is 5.57 Å². The minimum Gasteiger partial charge on any atom is -0.362 e. The van der Waals surface area contributed by atoms with Crippen LogP contribution in [-0.2, 0) is 0 Å². The summed E-state index contributed by atoms with van der Waals surface area (Å²) in [5.74, 6) is 0. The molecule has 0 aromatic heterocycles. The van der Waals surface area contributed by atoms with E-state index >= 15 is 0 Å². The molecule has 0 bridgehead atoms. The number of benzene rings is 1. The van der Waals surface area contributed by atoms with Crippen molar-refractivity contribution in [2.75, 3.05) is 0 Å². The maximum absolute atomic E-state index is 8.81. The van der Waals surface area contributed by atoms with Gasteiger partial charge in [-0.05, 0) is 28.5 Å². The molecular weight excluding hydrogens is 276 g/mol. The summed E-state index contributed by atoms with van der Waals surface area (Å²) in [6, 6.07) is 7.80. The fourth-order valence-electron chi connectivity index (χ4n) is 2.50. The first-order valence-corrected chi connectivity index (χ1v) is 6.56. The van der Waals surface area contributed by atoms with Gasteiger partial charge < -0.3 is 10.6 Å². The number of allylic oxidation sites excluding steroid dienone is 7. The predicted octanol–water partition coefficient (Wildman–Crippen LogP) is 4.18. The number of fused-ring (bicyclic) bond motifs is 1. The van der Waals surface area contributed by atoms with Crippen LogP contribution in [0, 0.1) is 5.39 Å². The maximum Gasteiger partial charge on any atom is 0.339 e. The molecule has 0 atom stereocenters. The van der Waals surface area contributed by atoms with Gasteiger partial charge in [0.25, 0.3) is 5.39 Å². The molecule has 0 N–H and O–H groups in total. The molecule has 0 heterocycles. The van der Waals surface area contributed by atoms with Crippen LogP contribution in [0.3, 0.4) is 0 Å². The van der Waals surface area contributed by atoms with E-state index in [-0.39, 0.29) is 0 Å². The third-order valence-corrected chi connectivity index (χ3v) is 3.39. The molecule has 0 saturated carbocycles. The van der Waals surface area contributed by atoms with Crippen LogP contribution < -0.4 is 0 Å². The Morgan fingerprint density at radius 3 is 2.59 bits per heavy atom. The van der Waals surface area contributed by atoms with Gasteiger partial charge in [0.15, 0.2) is 10.8 Å². The Balaban J connectivity index is 2.34. The second kappa shape index (κ2) is 5.89. The van der Waals surface area contributed by atoms with Crippen molar-refractivity contribution in [3.63, 3.8) is 0 Å². The van der Waals surface area contributed by atoms with E-state index in [4.69, 9.17) is 10.9 Å². The molecule has 6 heteroatoms. The Morgan fingerprint density at radius 1 is 0.955 bits per heavy atom. The molecule has 3 rings (SSSR count). The lowest BCUT2D eigenvalue weighted by Crippen LogP contribution is -2.12. The monoisotopic (exact) mass is 286 g/mol. The zero-order valence-electron chi connectivity index (χ0n) is 11.5. The molecule has 0 aliphatic heterocycles. The normalized spacial score (nSPS) is 22.7. The van der Waals surface area contributed by atoms with Crippen molar-refractivity contribution in [1.82, 2.24) is 0 Å². The van der Waals surface area contributed by atoms with Crippen LogP contribution in [0.2, 0.25) is 0 Å². The lowest BCUT2D eigenvalue weighted by Gasteiger charge is -2.20. The van der Waals surface area contributed by atoms with Gasteiger partial charge in [-0.2, -0.15) is 0 Å². The molecule has 0 radical (unpaired) electrons. The molecule has 0 unspecified atom stereocenters. The van der Waals surface area contributed by atoms with Crippen LogP contribution in [0.1, 0.15) is 11.1 Å². The molecule has 104 valence electrons. The first-order valence-electron chi connectivity index (χ1n) is 6.56. The summed E-state index contributed by atoms with van der Waals surface area (Å²) in [6.45, 7) is 0.